The summed E-state index contributed by atoms with van der Waals surface area (Å²) in [6.45, 7) is 2.93. The summed E-state index contributed by atoms with van der Waals surface area (Å²) in [5.41, 5.74) is 0. The predicted octanol–water partition coefficient (Wildman–Crippen LogP) is 2.60. The van der Waals surface area contributed by atoms with Crippen LogP contribution in [0.2, 0.25) is 0 Å². The van der Waals surface area contributed by atoms with E-state index in [0.29, 0.717) is 6.61 Å². The molecule has 0 amide bonds. The molecule has 0 aliphatic heterocycles. The van der Waals surface area contributed by atoms with Gasteiger partial charge in [0.25, 0.3) is 0 Å². The Balaban J connectivity index is 0. The van der Waals surface area contributed by atoms with Crippen LogP contribution in [0, 0.1) is 0 Å². The van der Waals surface area contributed by atoms with E-state index in [4.69, 9.17) is 11.9 Å². The second-order valence-electron chi connectivity index (χ2n) is 2.58. The fourth-order valence-corrected chi connectivity index (χ4v) is 1.05. The van der Waals surface area contributed by atoms with Crippen molar-refractivity contribution in [3.63, 3.8) is 0 Å². The molecule has 0 aliphatic rings. The molecule has 0 fully saturated rings. The minimum absolute atomic E-state index is 0. The average Bonchev–Trinajstić information content (AvgIpc) is 1.97. The van der Waals surface area contributed by atoms with E-state index in [1.165, 1.54) is 32.1 Å². The summed E-state index contributed by atoms with van der Waals surface area (Å²) in [5, 5.41) is 0. The number of hydrogen-bond acceptors (Lipinski definition) is 1. The van der Waals surface area contributed by atoms with Gasteiger partial charge in [-0.25, -0.2) is 0 Å². The van der Waals surface area contributed by atoms with Gasteiger partial charge in [0, 0.05) is 0 Å². The highest BCUT2D eigenvalue weighted by Crippen LogP contribution is 2.04. The first-order valence-corrected chi connectivity index (χ1v) is 4.46. The molecule has 0 aromatic heterocycles. The van der Waals surface area contributed by atoms with Crippen molar-refractivity contribution in [1.82, 2.24) is 0 Å². The van der Waals surface area contributed by atoms with Gasteiger partial charge < -0.3 is 0 Å². The van der Waals surface area contributed by atoms with Crippen LogP contribution in [0.5, 0.6) is 0 Å². The smallest absolute Gasteiger partial charge is 0.279 e. The maximum atomic E-state index is 5.04. The Morgan fingerprint density at radius 1 is 1.00 bits per heavy atom. The van der Waals surface area contributed by atoms with Gasteiger partial charge in [0.15, 0.2) is 0 Å². The second-order valence-corrected chi connectivity index (χ2v) is 2.80. The molecule has 0 saturated carbocycles. The summed E-state index contributed by atoms with van der Waals surface area (Å²) in [5.74, 6) is 0. The maximum Gasteiger partial charge on any atom is 0.316 e. The van der Waals surface area contributed by atoms with Crippen molar-refractivity contribution >= 4 is 34.9 Å². The first-order chi connectivity index (χ1) is 4.91. The zero-order valence-corrected chi connectivity index (χ0v) is 7.49. The van der Waals surface area contributed by atoms with E-state index in [2.05, 4.69) is 11.2 Å². The highest BCUT2D eigenvalue weighted by Gasteiger charge is 1.88. The van der Waals surface area contributed by atoms with E-state index in [-0.39, 0.29) is 23.1 Å². The highest BCUT2D eigenvalue weighted by atomic mass is 35.5. The third kappa shape index (κ3) is 13.9. The Morgan fingerprint density at radius 2 is 1.55 bits per heavy atom. The van der Waals surface area contributed by atoms with Crippen LogP contribution in [0.4, 0.5) is 0 Å². The lowest BCUT2D eigenvalue weighted by Gasteiger charge is -1.97. The van der Waals surface area contributed by atoms with Crippen LogP contribution in [0.1, 0.15) is 45.4 Å². The van der Waals surface area contributed by atoms with Crippen LogP contribution in [-0.2, 0) is 4.29 Å². The molecular formula is C8H19ClMgO. The highest BCUT2D eigenvalue weighted by molar-refractivity contribution is 6.07. The molecule has 0 bridgehead atoms. The van der Waals surface area contributed by atoms with Crippen molar-refractivity contribution in [2.45, 2.75) is 45.4 Å². The molecule has 3 heteroatoms. The number of rotatable bonds is 7. The average molecular weight is 191 g/mol. The van der Waals surface area contributed by atoms with Gasteiger partial charge in [-0.05, 0) is 6.42 Å². The molecule has 0 saturated heterocycles. The van der Waals surface area contributed by atoms with Crippen LogP contribution in [0.15, 0.2) is 0 Å². The molecule has 0 aromatic rings. The van der Waals surface area contributed by atoms with E-state index in [9.17, 15) is 0 Å². The fourth-order valence-electron chi connectivity index (χ4n) is 0.937. The first-order valence-electron chi connectivity index (χ1n) is 4.15. The number of hydrogen-bond donors (Lipinski definition) is 0. The van der Waals surface area contributed by atoms with Crippen molar-refractivity contribution in [2.24, 2.45) is 0 Å². The number of halogens is 1. The molecule has 0 rings (SSSR count). The summed E-state index contributed by atoms with van der Waals surface area (Å²) < 4.78 is 4.42. The van der Waals surface area contributed by atoms with E-state index in [1.54, 1.807) is 0 Å². The second kappa shape index (κ2) is 13.6. The number of unbranched alkanes of at least 4 members (excludes halogenated alkanes) is 5. The Hall–Kier alpha value is 1.02. The molecule has 0 spiro atoms. The molecule has 1 nitrogen and oxygen atoms in total. The quantitative estimate of drug-likeness (QED) is 0.443. The molecular weight excluding hydrogens is 172 g/mol. The SMILES string of the molecule is CCCCCCCCOCl.[MgH2]. The van der Waals surface area contributed by atoms with Gasteiger partial charge in [0.05, 0.1) is 18.5 Å². The third-order valence-corrected chi connectivity index (χ3v) is 1.73. The van der Waals surface area contributed by atoms with Crippen LogP contribution in [-0.4, -0.2) is 29.7 Å². The first kappa shape index (κ1) is 14.5. The molecule has 0 radical (unpaired) electrons. The lowest BCUT2D eigenvalue weighted by molar-refractivity contribution is 0.335. The molecule has 0 atom stereocenters. The normalized spacial score (nSPS) is 9.27. The van der Waals surface area contributed by atoms with Crippen molar-refractivity contribution in [3.05, 3.63) is 0 Å². The molecule has 66 valence electrons. The van der Waals surface area contributed by atoms with E-state index in [0.717, 1.165) is 6.42 Å². The Bertz CT molecular complexity index is 54.1. The molecule has 0 heterocycles. The zero-order chi connectivity index (χ0) is 7.66. The summed E-state index contributed by atoms with van der Waals surface area (Å²) in [7, 11) is 0. The standard InChI is InChI=1S/C8H17ClO.Mg.2H/c1-2-3-4-5-6-7-8-10-9;;;/h2-8H2,1H3;;;. The van der Waals surface area contributed by atoms with Gasteiger partial charge in [0.1, 0.15) is 0 Å². The monoisotopic (exact) mass is 190 g/mol. The van der Waals surface area contributed by atoms with Crippen molar-refractivity contribution in [1.29, 1.82) is 0 Å². The minimum atomic E-state index is 0. The summed E-state index contributed by atoms with van der Waals surface area (Å²) >= 11 is 5.04. The fraction of sp³-hybridized carbons (Fsp3) is 1.00. The Kier molecular flexibility index (Phi) is 18.0. The van der Waals surface area contributed by atoms with E-state index < -0.39 is 0 Å². The van der Waals surface area contributed by atoms with Crippen LogP contribution >= 0.6 is 11.9 Å². The molecule has 0 aliphatic carbocycles. The molecule has 0 N–H and O–H groups in total. The van der Waals surface area contributed by atoms with Gasteiger partial charge in [0.2, 0.25) is 0 Å². The lowest BCUT2D eigenvalue weighted by Crippen LogP contribution is -1.84. The molecule has 0 aromatic carbocycles. The van der Waals surface area contributed by atoms with Crippen molar-refractivity contribution in [2.75, 3.05) is 6.61 Å². The van der Waals surface area contributed by atoms with E-state index in [1.807, 2.05) is 0 Å². The van der Waals surface area contributed by atoms with Crippen molar-refractivity contribution in [3.8, 4) is 0 Å². The summed E-state index contributed by atoms with van der Waals surface area (Å²) in [4.78, 5) is 0. The van der Waals surface area contributed by atoms with Gasteiger partial charge in [-0.1, -0.05) is 39.0 Å². The van der Waals surface area contributed by atoms with Crippen LogP contribution < -0.4 is 0 Å². The largest absolute Gasteiger partial charge is 0.316 e. The molecule has 0 unspecified atom stereocenters. The van der Waals surface area contributed by atoms with E-state index >= 15 is 0 Å². The minimum Gasteiger partial charge on any atom is -0.279 e. The predicted molar refractivity (Wildman–Crippen MR) is 53.7 cm³/mol. The topological polar surface area (TPSA) is 9.23 Å². The summed E-state index contributed by atoms with van der Waals surface area (Å²) in [6.07, 6.45) is 7.72. The van der Waals surface area contributed by atoms with Gasteiger partial charge in [-0.2, -0.15) is 0 Å². The Morgan fingerprint density at radius 3 is 2.09 bits per heavy atom. The molecule has 11 heavy (non-hydrogen) atoms. The summed E-state index contributed by atoms with van der Waals surface area (Å²) in [6, 6.07) is 0. The Labute approximate surface area is 91.2 Å². The lowest BCUT2D eigenvalue weighted by atomic mass is 10.1. The maximum absolute atomic E-state index is 5.04. The van der Waals surface area contributed by atoms with Gasteiger partial charge >= 0.3 is 23.1 Å². The van der Waals surface area contributed by atoms with Crippen LogP contribution in [0.3, 0.4) is 0 Å². The van der Waals surface area contributed by atoms with Gasteiger partial charge in [-0.15, -0.1) is 0 Å². The third-order valence-electron chi connectivity index (χ3n) is 1.58. The zero-order valence-electron chi connectivity index (χ0n) is 6.74. The van der Waals surface area contributed by atoms with Crippen molar-refractivity contribution < 1.29 is 4.29 Å². The van der Waals surface area contributed by atoms with Crippen LogP contribution in [0.25, 0.3) is 0 Å². The van der Waals surface area contributed by atoms with Gasteiger partial charge in [-0.3, -0.25) is 4.29 Å².